The fraction of sp³-hybridized carbons (Fsp3) is 0.643. The SMILES string of the molecule is Cc1cc(OCCNC(=O)NCCCN(C)C)ccc1Cc1c(O[C@@H]2O[C@H](CO)[C@@H](O)[C@H](O)[C@H]2O)n[nH]c1C(C)C. The molecule has 2 heterocycles. The van der Waals surface area contributed by atoms with Crippen molar-refractivity contribution in [3.05, 3.63) is 40.6 Å². The van der Waals surface area contributed by atoms with E-state index in [1.165, 1.54) is 0 Å². The van der Waals surface area contributed by atoms with Gasteiger partial charge >= 0.3 is 6.03 Å². The van der Waals surface area contributed by atoms with Gasteiger partial charge in [-0.1, -0.05) is 19.9 Å². The number of amides is 2. The highest BCUT2D eigenvalue weighted by molar-refractivity contribution is 5.73. The van der Waals surface area contributed by atoms with Crippen molar-refractivity contribution in [2.75, 3.05) is 46.9 Å². The molecule has 0 bridgehead atoms. The molecule has 2 aromatic rings. The van der Waals surface area contributed by atoms with E-state index >= 15 is 0 Å². The molecule has 0 saturated carbocycles. The quantitative estimate of drug-likeness (QED) is 0.153. The van der Waals surface area contributed by atoms with Gasteiger partial charge in [0, 0.05) is 24.2 Å². The number of benzene rings is 1. The summed E-state index contributed by atoms with van der Waals surface area (Å²) in [5.41, 5.74) is 3.57. The number of H-pyrrole nitrogens is 1. The van der Waals surface area contributed by atoms with Gasteiger partial charge < -0.3 is 50.2 Å². The van der Waals surface area contributed by atoms with Crippen molar-refractivity contribution in [1.29, 1.82) is 0 Å². The van der Waals surface area contributed by atoms with Crippen LogP contribution in [0, 0.1) is 6.92 Å². The number of aliphatic hydroxyl groups excluding tert-OH is 4. The van der Waals surface area contributed by atoms with E-state index in [4.69, 9.17) is 14.2 Å². The van der Waals surface area contributed by atoms with Gasteiger partial charge in [0.1, 0.15) is 36.8 Å². The minimum Gasteiger partial charge on any atom is -0.492 e. The van der Waals surface area contributed by atoms with Gasteiger partial charge in [-0.25, -0.2) is 4.79 Å². The molecule has 7 N–H and O–H groups in total. The van der Waals surface area contributed by atoms with Crippen molar-refractivity contribution in [1.82, 2.24) is 25.7 Å². The second kappa shape index (κ2) is 15.3. The maximum Gasteiger partial charge on any atom is 0.314 e. The molecular weight excluding hydrogens is 534 g/mol. The molecule has 1 aliphatic rings. The lowest BCUT2D eigenvalue weighted by molar-refractivity contribution is -0.278. The predicted molar refractivity (Wildman–Crippen MR) is 151 cm³/mol. The van der Waals surface area contributed by atoms with Crippen molar-refractivity contribution in [3.8, 4) is 11.6 Å². The monoisotopic (exact) mass is 579 g/mol. The average Bonchev–Trinajstić information content (AvgIpc) is 3.32. The van der Waals surface area contributed by atoms with Gasteiger partial charge in [-0.2, -0.15) is 0 Å². The topological polar surface area (TPSA) is 182 Å². The zero-order valence-corrected chi connectivity index (χ0v) is 24.5. The number of aromatic nitrogens is 2. The fourth-order valence-electron chi connectivity index (χ4n) is 4.52. The Morgan fingerprint density at radius 1 is 1.15 bits per heavy atom. The molecule has 2 amide bonds. The van der Waals surface area contributed by atoms with Crippen molar-refractivity contribution >= 4 is 6.03 Å². The second-order valence-electron chi connectivity index (χ2n) is 10.8. The third kappa shape index (κ3) is 9.02. The van der Waals surface area contributed by atoms with Gasteiger partial charge in [0.05, 0.1) is 13.2 Å². The number of carbonyl (C=O) groups excluding carboxylic acids is 1. The van der Waals surface area contributed by atoms with Crippen molar-refractivity contribution < 1.29 is 39.4 Å². The molecule has 3 rings (SSSR count). The van der Waals surface area contributed by atoms with Crippen LogP contribution < -0.4 is 20.1 Å². The van der Waals surface area contributed by atoms with Crippen LogP contribution in [0.2, 0.25) is 0 Å². The molecule has 13 nitrogen and oxygen atoms in total. The maximum atomic E-state index is 11.9. The van der Waals surface area contributed by atoms with Gasteiger partial charge in [-0.05, 0) is 63.2 Å². The van der Waals surface area contributed by atoms with Crippen LogP contribution in [0.1, 0.15) is 48.6 Å². The summed E-state index contributed by atoms with van der Waals surface area (Å²) in [5, 5.41) is 53.0. The third-order valence-corrected chi connectivity index (χ3v) is 6.92. The Morgan fingerprint density at radius 2 is 1.88 bits per heavy atom. The standard InChI is InChI=1S/C28H45N5O8/c1-16(2)22-20(26(32-31-22)41-27-25(37)24(36)23(35)21(15-34)40-27)14-18-7-8-19(13-17(18)3)39-12-10-30-28(38)29-9-6-11-33(4)5/h7-8,13,16,21,23-25,27,34-37H,6,9-12,14-15H2,1-5H3,(H,31,32)(H2,29,30,38)/t21-,23-,24+,25-,27+/m1/s1. The highest BCUT2D eigenvalue weighted by atomic mass is 16.7. The molecule has 0 spiro atoms. The fourth-order valence-corrected chi connectivity index (χ4v) is 4.52. The molecular formula is C28H45N5O8. The summed E-state index contributed by atoms with van der Waals surface area (Å²) < 4.78 is 17.2. The highest BCUT2D eigenvalue weighted by Crippen LogP contribution is 2.32. The number of rotatable bonds is 14. The van der Waals surface area contributed by atoms with E-state index in [9.17, 15) is 25.2 Å². The number of aromatic amines is 1. The number of aryl methyl sites for hydroxylation is 1. The van der Waals surface area contributed by atoms with Crippen LogP contribution in [-0.4, -0.2) is 119 Å². The number of urea groups is 1. The second-order valence-corrected chi connectivity index (χ2v) is 10.8. The van der Waals surface area contributed by atoms with Crippen LogP contribution in [0.4, 0.5) is 4.79 Å². The van der Waals surface area contributed by atoms with E-state index in [-0.39, 0.29) is 17.8 Å². The lowest BCUT2D eigenvalue weighted by Crippen LogP contribution is -2.60. The Hall–Kier alpha value is -2.94. The first-order valence-corrected chi connectivity index (χ1v) is 13.9. The van der Waals surface area contributed by atoms with E-state index in [2.05, 4.69) is 25.7 Å². The molecule has 1 aliphatic heterocycles. The smallest absolute Gasteiger partial charge is 0.314 e. The van der Waals surface area contributed by atoms with Gasteiger partial charge in [0.2, 0.25) is 12.2 Å². The number of hydrogen-bond acceptors (Lipinski definition) is 10. The lowest BCUT2D eigenvalue weighted by atomic mass is 9.96. The molecule has 230 valence electrons. The lowest BCUT2D eigenvalue weighted by Gasteiger charge is -2.39. The Kier molecular flexibility index (Phi) is 12.2. The first-order valence-electron chi connectivity index (χ1n) is 13.9. The summed E-state index contributed by atoms with van der Waals surface area (Å²) in [6.45, 7) is 7.64. The minimum atomic E-state index is -1.55. The zero-order valence-electron chi connectivity index (χ0n) is 24.5. The van der Waals surface area contributed by atoms with Crippen LogP contribution in [-0.2, 0) is 11.2 Å². The summed E-state index contributed by atoms with van der Waals surface area (Å²) in [7, 11) is 3.98. The Morgan fingerprint density at radius 3 is 2.54 bits per heavy atom. The Labute approximate surface area is 240 Å². The van der Waals surface area contributed by atoms with E-state index < -0.39 is 37.3 Å². The first kappa shape index (κ1) is 32.6. The van der Waals surface area contributed by atoms with Gasteiger partial charge in [-0.3, -0.25) is 5.10 Å². The molecule has 13 heteroatoms. The predicted octanol–water partition coefficient (Wildman–Crippen LogP) is 0.241. The minimum absolute atomic E-state index is 0.0882. The van der Waals surface area contributed by atoms with Crippen molar-refractivity contribution in [3.63, 3.8) is 0 Å². The molecule has 0 aliphatic carbocycles. The first-order chi connectivity index (χ1) is 19.5. The van der Waals surface area contributed by atoms with Gasteiger partial charge in [0.15, 0.2) is 0 Å². The summed E-state index contributed by atoms with van der Waals surface area (Å²) in [4.78, 5) is 14.0. The highest BCUT2D eigenvalue weighted by Gasteiger charge is 2.45. The van der Waals surface area contributed by atoms with E-state index in [1.807, 2.05) is 53.1 Å². The molecule has 1 fully saturated rings. The number of nitrogens with zero attached hydrogens (tertiary/aromatic N) is 2. The Balaban J connectivity index is 1.60. The molecule has 1 aromatic heterocycles. The summed E-state index contributed by atoms with van der Waals surface area (Å²) in [6, 6.07) is 5.51. The van der Waals surface area contributed by atoms with Crippen LogP contribution in [0.15, 0.2) is 18.2 Å². The summed E-state index contributed by atoms with van der Waals surface area (Å²) in [6.07, 6.45) is -5.66. The number of carbonyl (C=O) groups is 1. The molecule has 0 radical (unpaired) electrons. The number of hydrogen-bond donors (Lipinski definition) is 7. The third-order valence-electron chi connectivity index (χ3n) is 6.92. The molecule has 5 atom stereocenters. The molecule has 1 aromatic carbocycles. The summed E-state index contributed by atoms with van der Waals surface area (Å²) >= 11 is 0. The van der Waals surface area contributed by atoms with E-state index in [0.717, 1.165) is 35.3 Å². The van der Waals surface area contributed by atoms with Crippen LogP contribution in [0.25, 0.3) is 0 Å². The van der Waals surface area contributed by atoms with Gasteiger partial charge in [0.25, 0.3) is 0 Å². The van der Waals surface area contributed by atoms with Crippen LogP contribution in [0.3, 0.4) is 0 Å². The molecule has 41 heavy (non-hydrogen) atoms. The zero-order chi connectivity index (χ0) is 30.1. The molecule has 1 saturated heterocycles. The average molecular weight is 580 g/mol. The Bertz CT molecular complexity index is 1110. The maximum absolute atomic E-state index is 11.9. The largest absolute Gasteiger partial charge is 0.492 e. The summed E-state index contributed by atoms with van der Waals surface area (Å²) in [5.74, 6) is 0.961. The number of ether oxygens (including phenoxy) is 3. The number of aliphatic hydroxyl groups is 4. The van der Waals surface area contributed by atoms with E-state index in [0.29, 0.717) is 31.9 Å². The van der Waals surface area contributed by atoms with Crippen molar-refractivity contribution in [2.45, 2.75) is 70.2 Å². The van der Waals surface area contributed by atoms with Gasteiger partial charge in [-0.15, -0.1) is 5.10 Å². The van der Waals surface area contributed by atoms with Crippen LogP contribution >= 0.6 is 0 Å². The normalized spacial score (nSPS) is 22.7. The molecule has 0 unspecified atom stereocenters. The number of nitrogens with one attached hydrogen (secondary N) is 3. The van der Waals surface area contributed by atoms with Crippen molar-refractivity contribution in [2.24, 2.45) is 0 Å². The van der Waals surface area contributed by atoms with Crippen LogP contribution in [0.5, 0.6) is 11.6 Å². The van der Waals surface area contributed by atoms with E-state index in [1.54, 1.807) is 0 Å².